The van der Waals surface area contributed by atoms with E-state index in [0.29, 0.717) is 5.92 Å². The molecule has 1 aromatic carbocycles. The molecule has 1 atom stereocenters. The Morgan fingerprint density at radius 2 is 2.31 bits per heavy atom. The molecule has 0 amide bonds. The van der Waals surface area contributed by atoms with Gasteiger partial charge >= 0.3 is 5.97 Å². The van der Waals surface area contributed by atoms with Crippen LogP contribution in [0.3, 0.4) is 0 Å². The lowest BCUT2D eigenvalue weighted by Crippen LogP contribution is -2.35. The predicted molar refractivity (Wildman–Crippen MR) is 107 cm³/mol. The van der Waals surface area contributed by atoms with Gasteiger partial charge in [-0.05, 0) is 48.9 Å². The molecule has 2 N–H and O–H groups in total. The fourth-order valence-electron chi connectivity index (χ4n) is 3.70. The van der Waals surface area contributed by atoms with E-state index in [9.17, 15) is 4.79 Å². The zero-order valence-electron chi connectivity index (χ0n) is 14.2. The number of carbonyl (C=O) groups is 1. The third-order valence-electron chi connectivity index (χ3n) is 4.87. The molecule has 0 radical (unpaired) electrons. The number of halogens is 1. The molecule has 5 nitrogen and oxygen atoms in total. The quantitative estimate of drug-likeness (QED) is 0.619. The summed E-state index contributed by atoms with van der Waals surface area (Å²) in [6.45, 7) is 3.05. The normalized spacial score (nSPS) is 18.4. The second kappa shape index (κ2) is 7.50. The summed E-state index contributed by atoms with van der Waals surface area (Å²) in [5.74, 6) is -0.404. The van der Waals surface area contributed by atoms with Crippen molar-refractivity contribution in [3.63, 3.8) is 0 Å². The summed E-state index contributed by atoms with van der Waals surface area (Å²) < 4.78 is 1.08. The zero-order chi connectivity index (χ0) is 18.1. The van der Waals surface area contributed by atoms with Crippen LogP contribution in [0.25, 0.3) is 10.9 Å². The first-order chi connectivity index (χ1) is 12.6. The van der Waals surface area contributed by atoms with E-state index >= 15 is 0 Å². The molecule has 4 rings (SSSR count). The van der Waals surface area contributed by atoms with Crippen molar-refractivity contribution >= 4 is 44.1 Å². The molecule has 1 fully saturated rings. The van der Waals surface area contributed by atoms with Gasteiger partial charge in [0.05, 0.1) is 5.01 Å². The van der Waals surface area contributed by atoms with Crippen LogP contribution < -0.4 is 0 Å². The number of thiazole rings is 1. The molecule has 7 heteroatoms. The Bertz CT molecular complexity index is 936. The Labute approximate surface area is 164 Å². The molecule has 3 aromatic rings. The van der Waals surface area contributed by atoms with Gasteiger partial charge in [-0.3, -0.25) is 4.90 Å². The number of aromatic amines is 1. The highest BCUT2D eigenvalue weighted by Crippen LogP contribution is 2.25. The lowest BCUT2D eigenvalue weighted by molar-refractivity contribution is 0.0691. The first-order valence-electron chi connectivity index (χ1n) is 8.74. The second-order valence-electron chi connectivity index (χ2n) is 6.91. The summed E-state index contributed by atoms with van der Waals surface area (Å²) in [6, 6.07) is 8.53. The third-order valence-corrected chi connectivity index (χ3v) is 6.24. The minimum Gasteiger partial charge on any atom is -0.476 e. The molecule has 3 heterocycles. The molecular weight excluding hydrogens is 414 g/mol. The Morgan fingerprint density at radius 1 is 1.42 bits per heavy atom. The van der Waals surface area contributed by atoms with E-state index in [1.165, 1.54) is 35.3 Å². The van der Waals surface area contributed by atoms with E-state index < -0.39 is 5.97 Å². The van der Waals surface area contributed by atoms with E-state index in [1.54, 1.807) is 5.38 Å². The van der Waals surface area contributed by atoms with Gasteiger partial charge in [-0.2, -0.15) is 0 Å². The maximum Gasteiger partial charge on any atom is 0.355 e. The smallest absolute Gasteiger partial charge is 0.355 e. The Balaban J connectivity index is 1.40. The van der Waals surface area contributed by atoms with Gasteiger partial charge < -0.3 is 10.1 Å². The number of rotatable bonds is 5. The SMILES string of the molecule is O=C(O)c1csc(CC2CCCN(Cc3cc4ccc(Br)cc4[nH]3)C2)n1. The Morgan fingerprint density at radius 3 is 3.12 bits per heavy atom. The molecule has 0 aliphatic carbocycles. The van der Waals surface area contributed by atoms with Crippen LogP contribution in [0.5, 0.6) is 0 Å². The van der Waals surface area contributed by atoms with Crippen molar-refractivity contribution in [3.8, 4) is 0 Å². The van der Waals surface area contributed by atoms with Crippen LogP contribution in [0, 0.1) is 5.92 Å². The molecule has 2 aromatic heterocycles. The summed E-state index contributed by atoms with van der Waals surface area (Å²) in [7, 11) is 0. The number of H-pyrrole nitrogens is 1. The van der Waals surface area contributed by atoms with E-state index in [2.05, 4.69) is 55.1 Å². The first kappa shape index (κ1) is 17.7. The lowest BCUT2D eigenvalue weighted by Gasteiger charge is -2.32. The van der Waals surface area contributed by atoms with Crippen molar-refractivity contribution in [1.29, 1.82) is 0 Å². The molecule has 0 bridgehead atoms. The van der Waals surface area contributed by atoms with Crippen LogP contribution in [0.1, 0.15) is 34.0 Å². The lowest BCUT2D eigenvalue weighted by atomic mass is 9.95. The van der Waals surface area contributed by atoms with E-state index in [-0.39, 0.29) is 5.69 Å². The van der Waals surface area contributed by atoms with Gasteiger partial charge in [0.2, 0.25) is 0 Å². The number of nitrogens with one attached hydrogen (secondary N) is 1. The number of aromatic carboxylic acids is 1. The molecular formula is C19H20BrN3O2S. The number of aromatic nitrogens is 2. The average Bonchev–Trinajstić information content (AvgIpc) is 3.21. The molecule has 26 heavy (non-hydrogen) atoms. The summed E-state index contributed by atoms with van der Waals surface area (Å²) in [5.41, 5.74) is 2.56. The van der Waals surface area contributed by atoms with E-state index in [0.717, 1.165) is 41.1 Å². The molecule has 1 unspecified atom stereocenters. The number of benzene rings is 1. The summed E-state index contributed by atoms with van der Waals surface area (Å²) in [6.07, 6.45) is 3.22. The average molecular weight is 434 g/mol. The van der Waals surface area contributed by atoms with Gasteiger partial charge in [-0.15, -0.1) is 11.3 Å². The predicted octanol–water partition coefficient (Wildman–Crippen LogP) is 4.54. The van der Waals surface area contributed by atoms with Crippen LogP contribution in [0.15, 0.2) is 34.1 Å². The number of carboxylic acid groups (broad SMARTS) is 1. The van der Waals surface area contributed by atoms with E-state index in [1.807, 2.05) is 0 Å². The van der Waals surface area contributed by atoms with Gasteiger partial charge in [-0.25, -0.2) is 9.78 Å². The summed E-state index contributed by atoms with van der Waals surface area (Å²) in [5, 5.41) is 12.8. The van der Waals surface area contributed by atoms with E-state index in [4.69, 9.17) is 5.11 Å². The van der Waals surface area contributed by atoms with Gasteiger partial charge in [0.1, 0.15) is 0 Å². The number of fused-ring (bicyclic) bond motifs is 1. The topological polar surface area (TPSA) is 69.2 Å². The monoisotopic (exact) mass is 433 g/mol. The van der Waals surface area contributed by atoms with Gasteiger partial charge in [0.15, 0.2) is 5.69 Å². The zero-order valence-corrected chi connectivity index (χ0v) is 16.6. The molecule has 136 valence electrons. The van der Waals surface area contributed by atoms with Crippen molar-refractivity contribution in [3.05, 3.63) is 50.5 Å². The number of nitrogens with zero attached hydrogens (tertiary/aromatic N) is 2. The highest BCUT2D eigenvalue weighted by molar-refractivity contribution is 9.10. The third kappa shape index (κ3) is 4.00. The van der Waals surface area contributed by atoms with Crippen molar-refractivity contribution in [2.24, 2.45) is 5.92 Å². The fraction of sp³-hybridized carbons (Fsp3) is 0.368. The number of carboxylic acids is 1. The van der Waals surface area contributed by atoms with Crippen LogP contribution >= 0.6 is 27.3 Å². The molecule has 1 saturated heterocycles. The fourth-order valence-corrected chi connectivity index (χ4v) is 4.94. The Kier molecular flexibility index (Phi) is 5.11. The molecule has 1 aliphatic heterocycles. The number of piperidine rings is 1. The van der Waals surface area contributed by atoms with Gasteiger partial charge in [0.25, 0.3) is 0 Å². The van der Waals surface area contributed by atoms with Crippen molar-refractivity contribution in [2.45, 2.75) is 25.8 Å². The maximum atomic E-state index is 11.0. The van der Waals surface area contributed by atoms with Crippen molar-refractivity contribution in [1.82, 2.24) is 14.9 Å². The summed E-state index contributed by atoms with van der Waals surface area (Å²) in [4.78, 5) is 21.2. The van der Waals surface area contributed by atoms with Crippen molar-refractivity contribution < 1.29 is 9.90 Å². The van der Waals surface area contributed by atoms with Crippen LogP contribution in [-0.4, -0.2) is 39.0 Å². The second-order valence-corrected chi connectivity index (χ2v) is 8.76. The highest BCUT2D eigenvalue weighted by atomic mass is 79.9. The van der Waals surface area contributed by atoms with Crippen LogP contribution in [-0.2, 0) is 13.0 Å². The van der Waals surface area contributed by atoms with Crippen LogP contribution in [0.4, 0.5) is 0 Å². The standard InChI is InChI=1S/C19H20BrN3O2S/c20-14-4-3-13-7-15(21-16(13)8-14)10-23-5-1-2-12(9-23)6-18-22-17(11-26-18)19(24)25/h3-4,7-8,11-12,21H,1-2,5-6,9-10H2,(H,24,25). The molecule has 0 saturated carbocycles. The molecule has 1 aliphatic rings. The first-order valence-corrected chi connectivity index (χ1v) is 10.4. The summed E-state index contributed by atoms with van der Waals surface area (Å²) >= 11 is 4.98. The minimum absolute atomic E-state index is 0.168. The van der Waals surface area contributed by atoms with Gasteiger partial charge in [0, 0.05) is 40.6 Å². The molecule has 0 spiro atoms. The largest absolute Gasteiger partial charge is 0.476 e. The number of hydrogen-bond donors (Lipinski definition) is 2. The van der Waals surface area contributed by atoms with Crippen molar-refractivity contribution in [2.75, 3.05) is 13.1 Å². The van der Waals surface area contributed by atoms with Crippen LogP contribution in [0.2, 0.25) is 0 Å². The van der Waals surface area contributed by atoms with Gasteiger partial charge in [-0.1, -0.05) is 22.0 Å². The maximum absolute atomic E-state index is 11.0. The Hall–Kier alpha value is -1.70. The highest BCUT2D eigenvalue weighted by Gasteiger charge is 2.22. The minimum atomic E-state index is -0.941. The number of hydrogen-bond acceptors (Lipinski definition) is 4. The number of likely N-dealkylation sites (tertiary alicyclic amines) is 1.